The minimum absolute atomic E-state index is 0.0570. The fraction of sp³-hybridized carbons (Fsp3) is 0.700. The average molecular weight is 197 g/mol. The predicted octanol–water partition coefficient (Wildman–Crippen LogP) is 0.528. The Kier molecular flexibility index (Phi) is 3.66. The Morgan fingerprint density at radius 2 is 2.29 bits per heavy atom. The van der Waals surface area contributed by atoms with Crippen molar-refractivity contribution in [2.75, 3.05) is 13.2 Å². The van der Waals surface area contributed by atoms with E-state index >= 15 is 0 Å². The smallest absolute Gasteiger partial charge is 0.0945 e. The van der Waals surface area contributed by atoms with E-state index < -0.39 is 0 Å². The van der Waals surface area contributed by atoms with Crippen LogP contribution < -0.4 is 5.32 Å². The summed E-state index contributed by atoms with van der Waals surface area (Å²) in [4.78, 5) is 4.03. The van der Waals surface area contributed by atoms with Crippen LogP contribution in [0.5, 0.6) is 0 Å². The second-order valence-electron chi connectivity index (χ2n) is 4.42. The van der Waals surface area contributed by atoms with Crippen molar-refractivity contribution < 1.29 is 5.11 Å². The molecule has 4 nitrogen and oxygen atoms in total. The van der Waals surface area contributed by atoms with Gasteiger partial charge in [-0.05, 0) is 0 Å². The van der Waals surface area contributed by atoms with Gasteiger partial charge < -0.3 is 15.0 Å². The SMILES string of the molecule is Cn1cncc1CNCC(C)(C)CO. The maximum Gasteiger partial charge on any atom is 0.0945 e. The van der Waals surface area contributed by atoms with Gasteiger partial charge in [-0.15, -0.1) is 0 Å². The fourth-order valence-corrected chi connectivity index (χ4v) is 1.14. The molecule has 2 N–H and O–H groups in total. The van der Waals surface area contributed by atoms with Crippen LogP contribution >= 0.6 is 0 Å². The van der Waals surface area contributed by atoms with Crippen LogP contribution in [0.4, 0.5) is 0 Å². The van der Waals surface area contributed by atoms with Crippen LogP contribution in [0, 0.1) is 5.41 Å². The van der Waals surface area contributed by atoms with Gasteiger partial charge in [-0.25, -0.2) is 4.98 Å². The topological polar surface area (TPSA) is 50.1 Å². The molecule has 80 valence electrons. The summed E-state index contributed by atoms with van der Waals surface area (Å²) >= 11 is 0. The number of aliphatic hydroxyl groups is 1. The van der Waals surface area contributed by atoms with Gasteiger partial charge in [0.1, 0.15) is 0 Å². The highest BCUT2D eigenvalue weighted by Gasteiger charge is 2.15. The van der Waals surface area contributed by atoms with Gasteiger partial charge in [-0.2, -0.15) is 0 Å². The lowest BCUT2D eigenvalue weighted by atomic mass is 9.95. The molecule has 1 heterocycles. The van der Waals surface area contributed by atoms with Crippen LogP contribution in [0.2, 0.25) is 0 Å². The van der Waals surface area contributed by atoms with Crippen molar-refractivity contribution in [3.8, 4) is 0 Å². The highest BCUT2D eigenvalue weighted by Crippen LogP contribution is 2.11. The molecular formula is C10H19N3O. The summed E-state index contributed by atoms with van der Waals surface area (Å²) in [6.07, 6.45) is 3.63. The predicted molar refractivity (Wildman–Crippen MR) is 55.8 cm³/mol. The quantitative estimate of drug-likeness (QED) is 0.724. The van der Waals surface area contributed by atoms with Gasteiger partial charge in [-0.3, -0.25) is 0 Å². The minimum atomic E-state index is -0.0570. The van der Waals surface area contributed by atoms with E-state index in [4.69, 9.17) is 5.11 Å². The third kappa shape index (κ3) is 3.12. The zero-order valence-corrected chi connectivity index (χ0v) is 9.12. The Hall–Kier alpha value is -0.870. The van der Waals surface area contributed by atoms with Crippen molar-refractivity contribution in [1.82, 2.24) is 14.9 Å². The van der Waals surface area contributed by atoms with Gasteiger partial charge >= 0.3 is 0 Å². The molecule has 0 spiro atoms. The third-order valence-electron chi connectivity index (χ3n) is 2.25. The summed E-state index contributed by atoms with van der Waals surface area (Å²) in [5.74, 6) is 0. The second kappa shape index (κ2) is 4.57. The van der Waals surface area contributed by atoms with Crippen molar-refractivity contribution >= 4 is 0 Å². The number of rotatable bonds is 5. The highest BCUT2D eigenvalue weighted by atomic mass is 16.3. The van der Waals surface area contributed by atoms with Crippen molar-refractivity contribution in [3.05, 3.63) is 18.2 Å². The van der Waals surface area contributed by atoms with Gasteiger partial charge in [0.15, 0.2) is 0 Å². The lowest BCUT2D eigenvalue weighted by Gasteiger charge is -2.21. The van der Waals surface area contributed by atoms with Crippen LogP contribution in [0.15, 0.2) is 12.5 Å². The molecular weight excluding hydrogens is 178 g/mol. The molecule has 0 atom stereocenters. The molecule has 0 saturated carbocycles. The molecule has 4 heteroatoms. The largest absolute Gasteiger partial charge is 0.396 e. The van der Waals surface area contributed by atoms with Crippen LogP contribution in [0.3, 0.4) is 0 Å². The highest BCUT2D eigenvalue weighted by molar-refractivity contribution is 4.96. The second-order valence-corrected chi connectivity index (χ2v) is 4.42. The first-order valence-electron chi connectivity index (χ1n) is 4.82. The number of nitrogens with zero attached hydrogens (tertiary/aromatic N) is 2. The third-order valence-corrected chi connectivity index (χ3v) is 2.25. The molecule has 0 bridgehead atoms. The number of imidazole rings is 1. The molecule has 1 aromatic heterocycles. The monoisotopic (exact) mass is 197 g/mol. The summed E-state index contributed by atoms with van der Waals surface area (Å²) in [6, 6.07) is 0. The van der Waals surface area contributed by atoms with Crippen LogP contribution in [0.1, 0.15) is 19.5 Å². The molecule has 0 radical (unpaired) electrons. The van der Waals surface area contributed by atoms with E-state index in [0.29, 0.717) is 0 Å². The van der Waals surface area contributed by atoms with Gasteiger partial charge in [0, 0.05) is 38.4 Å². The van der Waals surface area contributed by atoms with E-state index in [0.717, 1.165) is 18.8 Å². The summed E-state index contributed by atoms with van der Waals surface area (Å²) in [5.41, 5.74) is 1.09. The van der Waals surface area contributed by atoms with E-state index in [1.165, 1.54) is 0 Å². The summed E-state index contributed by atoms with van der Waals surface area (Å²) in [5, 5.41) is 12.3. The first-order valence-corrected chi connectivity index (χ1v) is 4.82. The molecule has 0 saturated heterocycles. The Labute approximate surface area is 85.0 Å². The maximum absolute atomic E-state index is 9.05. The number of aliphatic hydroxyl groups excluding tert-OH is 1. The maximum atomic E-state index is 9.05. The summed E-state index contributed by atoms with van der Waals surface area (Å²) in [6.45, 7) is 5.85. The first-order chi connectivity index (χ1) is 6.55. The molecule has 1 rings (SSSR count). The molecule has 0 fully saturated rings. The number of aromatic nitrogens is 2. The molecule has 0 aliphatic carbocycles. The minimum Gasteiger partial charge on any atom is -0.396 e. The first kappa shape index (κ1) is 11.2. The number of hydrogen-bond acceptors (Lipinski definition) is 3. The molecule has 0 aliphatic rings. The Bertz CT molecular complexity index is 281. The van der Waals surface area contributed by atoms with Crippen molar-refractivity contribution in [1.29, 1.82) is 0 Å². The zero-order valence-electron chi connectivity index (χ0n) is 9.12. The standard InChI is InChI=1S/C10H19N3O/c1-10(2,7-14)6-11-4-9-5-12-8-13(9)3/h5,8,11,14H,4,6-7H2,1-3H3. The number of hydrogen-bond donors (Lipinski definition) is 2. The molecule has 0 aliphatic heterocycles. The average Bonchev–Trinajstić information content (AvgIpc) is 2.52. The van der Waals surface area contributed by atoms with E-state index in [1.54, 1.807) is 6.33 Å². The van der Waals surface area contributed by atoms with Gasteiger partial charge in [0.2, 0.25) is 0 Å². The van der Waals surface area contributed by atoms with Crippen LogP contribution in [-0.4, -0.2) is 27.8 Å². The normalized spacial score (nSPS) is 12.0. The number of aryl methyl sites for hydroxylation is 1. The van der Waals surface area contributed by atoms with Crippen molar-refractivity contribution in [2.45, 2.75) is 20.4 Å². The molecule has 0 aromatic carbocycles. The van der Waals surface area contributed by atoms with E-state index in [9.17, 15) is 0 Å². The zero-order chi connectivity index (χ0) is 10.6. The lowest BCUT2D eigenvalue weighted by molar-refractivity contribution is 0.156. The Morgan fingerprint density at radius 1 is 1.57 bits per heavy atom. The Balaban J connectivity index is 2.32. The summed E-state index contributed by atoms with van der Waals surface area (Å²) in [7, 11) is 1.97. The van der Waals surface area contributed by atoms with E-state index in [-0.39, 0.29) is 12.0 Å². The van der Waals surface area contributed by atoms with Crippen molar-refractivity contribution in [2.24, 2.45) is 12.5 Å². The van der Waals surface area contributed by atoms with Crippen LogP contribution in [0.25, 0.3) is 0 Å². The molecule has 1 aromatic rings. The van der Waals surface area contributed by atoms with Crippen molar-refractivity contribution in [3.63, 3.8) is 0 Å². The summed E-state index contributed by atoms with van der Waals surface area (Å²) < 4.78 is 1.99. The van der Waals surface area contributed by atoms with Crippen LogP contribution in [-0.2, 0) is 13.6 Å². The van der Waals surface area contributed by atoms with Gasteiger partial charge in [0.05, 0.1) is 12.0 Å². The fourth-order valence-electron chi connectivity index (χ4n) is 1.14. The lowest BCUT2D eigenvalue weighted by Crippen LogP contribution is -2.32. The Morgan fingerprint density at radius 3 is 2.79 bits per heavy atom. The number of nitrogens with one attached hydrogen (secondary N) is 1. The molecule has 0 amide bonds. The molecule has 14 heavy (non-hydrogen) atoms. The van der Waals surface area contributed by atoms with E-state index in [1.807, 2.05) is 31.7 Å². The van der Waals surface area contributed by atoms with Gasteiger partial charge in [-0.1, -0.05) is 13.8 Å². The van der Waals surface area contributed by atoms with Gasteiger partial charge in [0.25, 0.3) is 0 Å². The molecule has 0 unspecified atom stereocenters. The van der Waals surface area contributed by atoms with E-state index in [2.05, 4.69) is 10.3 Å².